The summed E-state index contributed by atoms with van der Waals surface area (Å²) in [6, 6.07) is 0. The molecule has 0 aliphatic carbocycles. The van der Waals surface area contributed by atoms with E-state index in [4.69, 9.17) is 0 Å². The summed E-state index contributed by atoms with van der Waals surface area (Å²) in [5.41, 5.74) is 0. The van der Waals surface area contributed by atoms with Gasteiger partial charge in [-0.25, -0.2) is 0 Å². The Kier molecular flexibility index (Phi) is 14.9. The van der Waals surface area contributed by atoms with Crippen LogP contribution in [0.2, 0.25) is 0 Å². The summed E-state index contributed by atoms with van der Waals surface area (Å²) in [6.45, 7) is 16.2. The maximum Gasteiger partial charge on any atom is 0.141 e. The van der Waals surface area contributed by atoms with E-state index in [1.54, 1.807) is 0 Å². The third kappa shape index (κ3) is 11.2. The van der Waals surface area contributed by atoms with Gasteiger partial charge in [0.25, 0.3) is 0 Å². The summed E-state index contributed by atoms with van der Waals surface area (Å²) in [5, 5.41) is 0. The molecule has 0 spiro atoms. The monoisotopic (exact) mass is 297 g/mol. The zero-order valence-electron chi connectivity index (χ0n) is 15.6. The first-order valence-electron chi connectivity index (χ1n) is 9.94. The summed E-state index contributed by atoms with van der Waals surface area (Å²) in [4.78, 5) is 0. The van der Waals surface area contributed by atoms with E-state index in [0.717, 1.165) is 0 Å². The molecule has 1 nitrogen and oxygen atoms in total. The highest BCUT2D eigenvalue weighted by Gasteiger charge is 2.26. The van der Waals surface area contributed by atoms with Crippen LogP contribution >= 0.6 is 0 Å². The Balaban J connectivity index is 4.52. The van der Waals surface area contributed by atoms with Crippen LogP contribution in [0.1, 0.15) is 105 Å². The van der Waals surface area contributed by atoms with Crippen molar-refractivity contribution in [3.63, 3.8) is 0 Å². The van der Waals surface area contributed by atoms with Crippen LogP contribution < -0.4 is 0 Å². The molecule has 0 fully saturated rings. The van der Waals surface area contributed by atoms with Crippen molar-refractivity contribution < 1.29 is 4.48 Å². The minimum Gasteiger partial charge on any atom is -0.316 e. The molecule has 0 rings (SSSR count). The third-order valence-electron chi connectivity index (χ3n) is 4.70. The van der Waals surface area contributed by atoms with Gasteiger partial charge in [0.05, 0.1) is 19.6 Å². The number of hydrogen-bond acceptors (Lipinski definition) is 0. The topological polar surface area (TPSA) is 0 Å². The molecule has 0 atom stereocenters. The molecule has 0 aromatic rings. The van der Waals surface area contributed by atoms with Crippen LogP contribution in [-0.4, -0.2) is 24.1 Å². The van der Waals surface area contributed by atoms with E-state index in [9.17, 15) is 0 Å². The van der Waals surface area contributed by atoms with Gasteiger partial charge in [-0.1, -0.05) is 53.4 Å². The molecule has 0 aromatic carbocycles. The smallest absolute Gasteiger partial charge is 0.141 e. The first kappa shape index (κ1) is 21.0. The molecule has 21 heavy (non-hydrogen) atoms. The zero-order valence-corrected chi connectivity index (χ0v) is 15.6. The van der Waals surface area contributed by atoms with Gasteiger partial charge in [0, 0.05) is 6.42 Å². The molecule has 0 N–H and O–H groups in total. The maximum atomic E-state index is 2.70. The van der Waals surface area contributed by atoms with Crippen molar-refractivity contribution in [2.75, 3.05) is 19.6 Å². The van der Waals surface area contributed by atoms with E-state index >= 15 is 0 Å². The van der Waals surface area contributed by atoms with Crippen molar-refractivity contribution in [2.45, 2.75) is 105 Å². The van der Waals surface area contributed by atoms with Gasteiger partial charge in [0.2, 0.25) is 0 Å². The molecule has 127 valence electrons. The van der Waals surface area contributed by atoms with Crippen molar-refractivity contribution in [2.24, 2.45) is 0 Å². The first-order chi connectivity index (χ1) is 10.2. The standard InChI is InChI=1S/C20H43N/c1-5-9-13-17-21(18-14-10-6-2,19-15-11-7-3)20-16-12-8-4/h17H,5-16,18-20H2,1-4H3/q+1. The van der Waals surface area contributed by atoms with E-state index < -0.39 is 0 Å². The average Bonchev–Trinajstić information content (AvgIpc) is 2.48. The molecule has 0 aromatic heterocycles. The summed E-state index contributed by atoms with van der Waals surface area (Å²) in [5.74, 6) is 0. The van der Waals surface area contributed by atoms with Crippen molar-refractivity contribution in [1.29, 1.82) is 0 Å². The highest BCUT2D eigenvalue weighted by molar-refractivity contribution is 4.59. The van der Waals surface area contributed by atoms with E-state index in [1.165, 1.54) is 101 Å². The summed E-state index contributed by atoms with van der Waals surface area (Å²) in [7, 11) is 0. The van der Waals surface area contributed by atoms with E-state index in [-0.39, 0.29) is 0 Å². The van der Waals surface area contributed by atoms with Gasteiger partial charge in [-0.15, -0.1) is 0 Å². The lowest BCUT2D eigenvalue weighted by molar-refractivity contribution is -0.901. The van der Waals surface area contributed by atoms with Gasteiger partial charge < -0.3 is 4.48 Å². The Morgan fingerprint density at radius 3 is 1.24 bits per heavy atom. The molecule has 1 radical (unpaired) electrons. The second-order valence-electron chi connectivity index (χ2n) is 6.84. The van der Waals surface area contributed by atoms with Crippen molar-refractivity contribution in [3.05, 3.63) is 6.54 Å². The molecule has 0 saturated heterocycles. The predicted octanol–water partition coefficient (Wildman–Crippen LogP) is 6.73. The normalized spacial score (nSPS) is 12.0. The van der Waals surface area contributed by atoms with Gasteiger partial charge in [-0.2, -0.15) is 0 Å². The highest BCUT2D eigenvalue weighted by atomic mass is 15.3. The lowest BCUT2D eigenvalue weighted by atomic mass is 10.1. The Labute approximate surface area is 136 Å². The highest BCUT2D eigenvalue weighted by Crippen LogP contribution is 2.21. The summed E-state index contributed by atoms with van der Waals surface area (Å²) in [6.07, 6.45) is 16.5. The van der Waals surface area contributed by atoms with E-state index in [2.05, 4.69) is 34.2 Å². The fourth-order valence-corrected chi connectivity index (χ4v) is 3.21. The molecular weight excluding hydrogens is 254 g/mol. The summed E-state index contributed by atoms with van der Waals surface area (Å²) < 4.78 is 1.32. The molecule has 0 bridgehead atoms. The Morgan fingerprint density at radius 1 is 0.524 bits per heavy atom. The lowest BCUT2D eigenvalue weighted by Crippen LogP contribution is -2.47. The van der Waals surface area contributed by atoms with Crippen molar-refractivity contribution in [3.8, 4) is 0 Å². The molecular formula is C20H43N+. The fraction of sp³-hybridized carbons (Fsp3) is 0.950. The Hall–Kier alpha value is -0.0400. The molecule has 0 unspecified atom stereocenters. The molecule has 0 saturated carbocycles. The first-order valence-corrected chi connectivity index (χ1v) is 9.94. The molecule has 0 amide bonds. The second kappa shape index (κ2) is 14.9. The molecule has 0 aliphatic rings. The molecule has 0 aliphatic heterocycles. The van der Waals surface area contributed by atoms with Crippen LogP contribution in [0.5, 0.6) is 0 Å². The molecule has 0 heterocycles. The van der Waals surface area contributed by atoms with Gasteiger partial charge >= 0.3 is 0 Å². The van der Waals surface area contributed by atoms with Crippen LogP contribution in [0.25, 0.3) is 0 Å². The predicted molar refractivity (Wildman–Crippen MR) is 97.3 cm³/mol. The lowest BCUT2D eigenvalue weighted by Gasteiger charge is -2.38. The van der Waals surface area contributed by atoms with Gasteiger partial charge in [-0.3, -0.25) is 0 Å². The minimum absolute atomic E-state index is 1.32. The van der Waals surface area contributed by atoms with Crippen molar-refractivity contribution >= 4 is 0 Å². The van der Waals surface area contributed by atoms with E-state index in [0.29, 0.717) is 0 Å². The van der Waals surface area contributed by atoms with Gasteiger partial charge in [0.1, 0.15) is 6.54 Å². The average molecular weight is 298 g/mol. The van der Waals surface area contributed by atoms with Crippen LogP contribution in [0.4, 0.5) is 0 Å². The Morgan fingerprint density at radius 2 is 0.905 bits per heavy atom. The largest absolute Gasteiger partial charge is 0.316 e. The number of hydrogen-bond donors (Lipinski definition) is 0. The molecule has 1 heteroatoms. The minimum atomic E-state index is 1.32. The SMILES string of the molecule is CCCC[CH][N+](CCCCC)(CCCCC)CCCCC. The van der Waals surface area contributed by atoms with Crippen LogP contribution in [-0.2, 0) is 0 Å². The maximum absolute atomic E-state index is 2.70. The Bertz CT molecular complexity index is 155. The number of nitrogens with zero attached hydrogens (tertiary/aromatic N) is 1. The summed E-state index contributed by atoms with van der Waals surface area (Å²) >= 11 is 0. The van der Waals surface area contributed by atoms with Crippen LogP contribution in [0.15, 0.2) is 0 Å². The van der Waals surface area contributed by atoms with Crippen molar-refractivity contribution in [1.82, 2.24) is 0 Å². The van der Waals surface area contributed by atoms with Gasteiger partial charge in [0.15, 0.2) is 0 Å². The third-order valence-corrected chi connectivity index (χ3v) is 4.70. The zero-order chi connectivity index (χ0) is 15.8. The number of quaternary nitrogens is 1. The van der Waals surface area contributed by atoms with E-state index in [1.807, 2.05) is 0 Å². The van der Waals surface area contributed by atoms with Crippen LogP contribution in [0, 0.1) is 6.54 Å². The fourth-order valence-electron chi connectivity index (χ4n) is 3.21. The number of rotatable bonds is 16. The van der Waals surface area contributed by atoms with Gasteiger partial charge in [-0.05, 0) is 44.9 Å². The quantitative estimate of drug-likeness (QED) is 0.219. The second-order valence-corrected chi connectivity index (χ2v) is 6.84. The number of unbranched alkanes of at least 4 members (excludes halogenated alkanes) is 8. The van der Waals surface area contributed by atoms with Crippen LogP contribution in [0.3, 0.4) is 0 Å².